The molecule has 0 radical (unpaired) electrons. The number of aryl methyl sites for hydroxylation is 1. The third kappa shape index (κ3) is 4.33. The Morgan fingerprint density at radius 3 is 2.60 bits per heavy atom. The second-order valence-corrected chi connectivity index (χ2v) is 9.12. The number of carbonyl (C=O) groups is 1. The maximum absolute atomic E-state index is 14.1. The normalized spacial score (nSPS) is 11.8. The second kappa shape index (κ2) is 9.85. The maximum atomic E-state index is 14.1. The number of rotatable bonds is 4. The molecule has 6 aromatic rings. The molecule has 3 N–H and O–H groups in total. The van der Waals surface area contributed by atoms with E-state index in [1.165, 1.54) is 9.20 Å². The molecule has 0 saturated heterocycles. The molecule has 6 rings (SSSR count). The van der Waals surface area contributed by atoms with Gasteiger partial charge in [0, 0.05) is 25.0 Å². The molecular weight excluding hydrogens is 506 g/mol. The summed E-state index contributed by atoms with van der Waals surface area (Å²) in [6.45, 7) is 1.76. The van der Waals surface area contributed by atoms with Crippen molar-refractivity contribution in [3.63, 3.8) is 0 Å². The van der Waals surface area contributed by atoms with E-state index >= 15 is 0 Å². The van der Waals surface area contributed by atoms with Gasteiger partial charge in [0.2, 0.25) is 0 Å². The molecular formula is C29H23N9O2. The van der Waals surface area contributed by atoms with E-state index in [1.807, 2.05) is 37.4 Å². The molecule has 0 aliphatic rings. The van der Waals surface area contributed by atoms with E-state index in [4.69, 9.17) is 10.7 Å². The van der Waals surface area contributed by atoms with Crippen LogP contribution in [0.1, 0.15) is 40.4 Å². The number of carbonyl (C=O) groups excluding carboxylic acids is 1. The molecule has 0 aliphatic carbocycles. The highest BCUT2D eigenvalue weighted by Gasteiger charge is 2.24. The largest absolute Gasteiger partial charge is 0.381 e. The minimum Gasteiger partial charge on any atom is -0.381 e. The lowest BCUT2D eigenvalue weighted by atomic mass is 10.1. The van der Waals surface area contributed by atoms with Crippen molar-refractivity contribution >= 4 is 28.1 Å². The number of nitrogen functional groups attached to an aromatic ring is 1. The lowest BCUT2D eigenvalue weighted by Crippen LogP contribution is -2.33. The van der Waals surface area contributed by atoms with E-state index in [-0.39, 0.29) is 16.9 Å². The Bertz CT molecular complexity index is 2030. The number of hydrogen-bond acceptors (Lipinski definition) is 7. The molecule has 0 unspecified atom stereocenters. The molecule has 196 valence electrons. The van der Waals surface area contributed by atoms with Crippen molar-refractivity contribution in [3.05, 3.63) is 112 Å². The average Bonchev–Trinajstić information content (AvgIpc) is 3.53. The number of nitrogens with one attached hydrogen (secondary N) is 1. The number of benzene rings is 2. The monoisotopic (exact) mass is 529 g/mol. The molecule has 0 saturated carbocycles. The molecule has 0 bridgehead atoms. The molecule has 0 spiro atoms. The van der Waals surface area contributed by atoms with Crippen molar-refractivity contribution in [2.24, 2.45) is 7.05 Å². The van der Waals surface area contributed by atoms with Crippen molar-refractivity contribution in [2.45, 2.75) is 13.0 Å². The molecule has 11 heteroatoms. The zero-order chi connectivity index (χ0) is 27.8. The topological polar surface area (TPSA) is 138 Å². The average molecular weight is 530 g/mol. The summed E-state index contributed by atoms with van der Waals surface area (Å²) in [7, 11) is 1.81. The van der Waals surface area contributed by atoms with Crippen LogP contribution in [0, 0.1) is 11.8 Å². The van der Waals surface area contributed by atoms with Crippen LogP contribution in [0.5, 0.6) is 0 Å². The van der Waals surface area contributed by atoms with Gasteiger partial charge >= 0.3 is 0 Å². The van der Waals surface area contributed by atoms with Crippen molar-refractivity contribution in [1.29, 1.82) is 0 Å². The first-order valence-electron chi connectivity index (χ1n) is 12.4. The predicted molar refractivity (Wildman–Crippen MR) is 150 cm³/mol. The summed E-state index contributed by atoms with van der Waals surface area (Å²) in [5.41, 5.74) is 8.59. The molecule has 4 aromatic heterocycles. The van der Waals surface area contributed by atoms with Crippen molar-refractivity contribution in [2.75, 3.05) is 5.73 Å². The Balaban J connectivity index is 1.48. The van der Waals surface area contributed by atoms with Gasteiger partial charge in [-0.15, -0.1) is 9.73 Å². The number of nitrogens with two attached hydrogens (primary N) is 1. The van der Waals surface area contributed by atoms with Crippen LogP contribution in [0.3, 0.4) is 0 Å². The van der Waals surface area contributed by atoms with Crippen LogP contribution in [0.4, 0.5) is 5.82 Å². The Morgan fingerprint density at radius 1 is 1.00 bits per heavy atom. The van der Waals surface area contributed by atoms with Gasteiger partial charge in [-0.25, -0.2) is 4.98 Å². The van der Waals surface area contributed by atoms with E-state index in [1.54, 1.807) is 60.4 Å². The smallest absolute Gasteiger partial charge is 0.267 e. The number of fused-ring (bicyclic) bond motifs is 2. The molecule has 4 heterocycles. The van der Waals surface area contributed by atoms with Crippen molar-refractivity contribution < 1.29 is 4.79 Å². The van der Waals surface area contributed by atoms with Crippen molar-refractivity contribution in [3.8, 4) is 17.5 Å². The molecule has 11 nitrogen and oxygen atoms in total. The van der Waals surface area contributed by atoms with Gasteiger partial charge in [-0.05, 0) is 55.3 Å². The van der Waals surface area contributed by atoms with E-state index in [0.29, 0.717) is 39.2 Å². The highest BCUT2D eigenvalue weighted by molar-refractivity contribution is 6.05. The summed E-state index contributed by atoms with van der Waals surface area (Å²) in [5.74, 6) is 6.03. The summed E-state index contributed by atoms with van der Waals surface area (Å²) in [5, 5.41) is 15.8. The van der Waals surface area contributed by atoms with E-state index in [2.05, 4.69) is 32.5 Å². The van der Waals surface area contributed by atoms with E-state index in [9.17, 15) is 9.59 Å². The van der Waals surface area contributed by atoms with Gasteiger partial charge in [0.25, 0.3) is 11.5 Å². The van der Waals surface area contributed by atoms with Gasteiger partial charge in [0.15, 0.2) is 5.82 Å². The van der Waals surface area contributed by atoms with Crippen LogP contribution in [-0.4, -0.2) is 40.1 Å². The van der Waals surface area contributed by atoms with Gasteiger partial charge in [-0.1, -0.05) is 30.2 Å². The molecule has 1 atom stereocenters. The van der Waals surface area contributed by atoms with Crippen LogP contribution < -0.4 is 16.6 Å². The van der Waals surface area contributed by atoms with Crippen LogP contribution in [0.15, 0.2) is 83.9 Å². The lowest BCUT2D eigenvalue weighted by Gasteiger charge is -2.20. The number of amides is 1. The summed E-state index contributed by atoms with van der Waals surface area (Å²) < 4.78 is 4.47. The summed E-state index contributed by atoms with van der Waals surface area (Å²) in [6.07, 6.45) is 3.35. The molecule has 2 aromatic carbocycles. The predicted octanol–water partition coefficient (Wildman–Crippen LogP) is 2.63. The number of aromatic nitrogens is 7. The fourth-order valence-corrected chi connectivity index (χ4v) is 4.56. The molecule has 40 heavy (non-hydrogen) atoms. The lowest BCUT2D eigenvalue weighted by molar-refractivity contribution is 0.0940. The number of anilines is 1. The third-order valence-corrected chi connectivity index (χ3v) is 6.39. The van der Waals surface area contributed by atoms with Crippen LogP contribution in [0.25, 0.3) is 22.1 Å². The first-order valence-corrected chi connectivity index (χ1v) is 12.4. The molecule has 1 amide bonds. The summed E-state index contributed by atoms with van der Waals surface area (Å²) in [4.78, 5) is 32.3. The van der Waals surface area contributed by atoms with E-state index in [0.717, 1.165) is 0 Å². The Labute approximate surface area is 227 Å². The zero-order valence-corrected chi connectivity index (χ0v) is 21.6. The minimum absolute atomic E-state index is 0.0476. The van der Waals surface area contributed by atoms with Gasteiger partial charge in [0.1, 0.15) is 22.6 Å². The summed E-state index contributed by atoms with van der Waals surface area (Å²) >= 11 is 0. The number of nitrogens with zero attached hydrogens (tertiary/aromatic N) is 7. The minimum atomic E-state index is -0.681. The highest BCUT2D eigenvalue weighted by Crippen LogP contribution is 2.22. The van der Waals surface area contributed by atoms with Gasteiger partial charge < -0.3 is 11.1 Å². The van der Waals surface area contributed by atoms with Crippen LogP contribution in [-0.2, 0) is 7.05 Å². The third-order valence-electron chi connectivity index (χ3n) is 6.39. The maximum Gasteiger partial charge on any atom is 0.267 e. The summed E-state index contributed by atoms with van der Waals surface area (Å²) in [6, 6.07) is 19.0. The van der Waals surface area contributed by atoms with Crippen LogP contribution >= 0.6 is 0 Å². The second-order valence-electron chi connectivity index (χ2n) is 9.12. The van der Waals surface area contributed by atoms with E-state index < -0.39 is 11.9 Å². The Morgan fingerprint density at radius 2 is 1.82 bits per heavy atom. The number of hydrogen-bond donors (Lipinski definition) is 2. The van der Waals surface area contributed by atoms with Gasteiger partial charge in [-0.3, -0.25) is 18.8 Å². The van der Waals surface area contributed by atoms with Crippen molar-refractivity contribution in [1.82, 2.24) is 39.5 Å². The first kappa shape index (κ1) is 24.6. The Hall–Kier alpha value is -5.76. The standard InChI is InChI=1S/C29H23N9O2/c1-18(32-28(39)25-23-12-7-16-31-38(23)35-26(25)30)27-33-22-11-6-8-19(13-14-20-15-17-36(2)34-20)24(22)29(40)37(27)21-9-4-3-5-10-21/h3-12,15-18H,1-2H3,(H2,30,35)(H,32,39)/t18-/m0/s1. The highest BCUT2D eigenvalue weighted by atomic mass is 16.2. The molecule has 0 fully saturated rings. The SMILES string of the molecule is C[C@H](NC(=O)c1c(N)nn2ncccc12)c1nc2cccc(C#Cc3ccn(C)n3)c2c(=O)n1-c1ccccc1. The fourth-order valence-electron chi connectivity index (χ4n) is 4.56. The van der Waals surface area contributed by atoms with Gasteiger partial charge in [0.05, 0.1) is 22.6 Å². The van der Waals surface area contributed by atoms with Gasteiger partial charge in [-0.2, -0.15) is 10.2 Å². The quantitative estimate of drug-likeness (QED) is 0.335. The fraction of sp³-hybridized carbons (Fsp3) is 0.103. The first-order chi connectivity index (χ1) is 19.4. The molecule has 0 aliphatic heterocycles. The van der Waals surface area contributed by atoms with Crippen LogP contribution in [0.2, 0.25) is 0 Å². The Kier molecular flexibility index (Phi) is 6.05. The zero-order valence-electron chi connectivity index (χ0n) is 21.6. The number of para-hydroxylation sites is 1.